The van der Waals surface area contributed by atoms with E-state index >= 15 is 0 Å². The Morgan fingerprint density at radius 1 is 1.58 bits per heavy atom. The molecule has 0 atom stereocenters. The van der Waals surface area contributed by atoms with E-state index in [2.05, 4.69) is 9.97 Å². The Kier molecular flexibility index (Phi) is 1.48. The van der Waals surface area contributed by atoms with E-state index in [1.165, 1.54) is 0 Å². The first-order valence-corrected chi connectivity index (χ1v) is 3.96. The first-order chi connectivity index (χ1) is 5.68. The van der Waals surface area contributed by atoms with Gasteiger partial charge in [0.05, 0.1) is 16.4 Å². The summed E-state index contributed by atoms with van der Waals surface area (Å²) in [5.74, 6) is 0. The first-order valence-electron chi connectivity index (χ1n) is 3.58. The van der Waals surface area contributed by atoms with Crippen molar-refractivity contribution in [1.29, 1.82) is 0 Å². The Labute approximate surface area is 74.5 Å². The summed E-state index contributed by atoms with van der Waals surface area (Å²) < 4.78 is 0. The van der Waals surface area contributed by atoms with Crippen molar-refractivity contribution in [1.82, 2.24) is 9.97 Å². The molecular formula is C8H8ClN3. The van der Waals surface area contributed by atoms with Crippen LogP contribution in [-0.2, 0) is 0 Å². The summed E-state index contributed by atoms with van der Waals surface area (Å²) in [6.45, 7) is 1.86. The van der Waals surface area contributed by atoms with E-state index in [1.54, 1.807) is 6.20 Å². The topological polar surface area (TPSA) is 54.7 Å². The van der Waals surface area contributed by atoms with E-state index in [1.807, 2.05) is 13.0 Å². The van der Waals surface area contributed by atoms with E-state index in [4.69, 9.17) is 17.3 Å². The van der Waals surface area contributed by atoms with E-state index < -0.39 is 0 Å². The van der Waals surface area contributed by atoms with E-state index in [-0.39, 0.29) is 0 Å². The lowest BCUT2D eigenvalue weighted by atomic mass is 10.3. The SMILES string of the molecule is Cc1nc2[nH]cc(N)c2cc1Cl. The van der Waals surface area contributed by atoms with Gasteiger partial charge < -0.3 is 10.7 Å². The molecule has 0 saturated heterocycles. The van der Waals surface area contributed by atoms with E-state index in [0.29, 0.717) is 10.7 Å². The standard InChI is InChI=1S/C8H8ClN3/c1-4-6(9)2-5-7(10)3-11-8(5)12-4/h2-3H,10H2,1H3,(H,11,12). The highest BCUT2D eigenvalue weighted by molar-refractivity contribution is 6.32. The number of H-pyrrole nitrogens is 1. The molecule has 0 aromatic carbocycles. The Bertz CT molecular complexity index is 433. The van der Waals surface area contributed by atoms with Gasteiger partial charge in [-0.1, -0.05) is 11.6 Å². The Morgan fingerprint density at radius 3 is 3.08 bits per heavy atom. The average molecular weight is 182 g/mol. The van der Waals surface area contributed by atoms with Crippen molar-refractivity contribution in [2.75, 3.05) is 5.73 Å². The number of rotatable bonds is 0. The van der Waals surface area contributed by atoms with Gasteiger partial charge in [-0.3, -0.25) is 0 Å². The molecule has 0 fully saturated rings. The van der Waals surface area contributed by atoms with Gasteiger partial charge in [0.1, 0.15) is 5.65 Å². The van der Waals surface area contributed by atoms with Crippen LogP contribution in [0, 0.1) is 6.92 Å². The lowest BCUT2D eigenvalue weighted by Gasteiger charge is -1.96. The number of aromatic nitrogens is 2. The fraction of sp³-hybridized carbons (Fsp3) is 0.125. The molecule has 3 nitrogen and oxygen atoms in total. The number of fused-ring (bicyclic) bond motifs is 1. The minimum Gasteiger partial charge on any atom is -0.397 e. The van der Waals surface area contributed by atoms with Gasteiger partial charge in [-0.25, -0.2) is 4.98 Å². The molecule has 0 amide bonds. The second kappa shape index (κ2) is 2.38. The summed E-state index contributed by atoms with van der Waals surface area (Å²) in [6.07, 6.45) is 1.72. The molecule has 2 aromatic rings. The Hall–Kier alpha value is -1.22. The number of pyridine rings is 1. The zero-order valence-electron chi connectivity index (χ0n) is 6.56. The van der Waals surface area contributed by atoms with Crippen LogP contribution in [0.25, 0.3) is 11.0 Å². The molecule has 3 N–H and O–H groups in total. The summed E-state index contributed by atoms with van der Waals surface area (Å²) in [4.78, 5) is 7.19. The number of aromatic amines is 1. The maximum absolute atomic E-state index is 5.88. The fourth-order valence-electron chi connectivity index (χ4n) is 1.13. The highest BCUT2D eigenvalue weighted by atomic mass is 35.5. The van der Waals surface area contributed by atoms with Crippen LogP contribution in [0.3, 0.4) is 0 Å². The highest BCUT2D eigenvalue weighted by Crippen LogP contribution is 2.23. The van der Waals surface area contributed by atoms with Crippen LogP contribution in [0.15, 0.2) is 12.3 Å². The van der Waals surface area contributed by atoms with Crippen LogP contribution >= 0.6 is 11.6 Å². The summed E-state index contributed by atoms with van der Waals surface area (Å²) in [6, 6.07) is 1.82. The van der Waals surface area contributed by atoms with Crippen molar-refractivity contribution >= 4 is 28.3 Å². The molecule has 0 saturated carbocycles. The Balaban J connectivity index is 2.87. The largest absolute Gasteiger partial charge is 0.397 e. The van der Waals surface area contributed by atoms with Gasteiger partial charge in [-0.2, -0.15) is 0 Å². The monoisotopic (exact) mass is 181 g/mol. The van der Waals surface area contributed by atoms with Gasteiger partial charge in [0.25, 0.3) is 0 Å². The molecule has 62 valence electrons. The lowest BCUT2D eigenvalue weighted by Crippen LogP contribution is -1.85. The third-order valence-electron chi connectivity index (χ3n) is 1.83. The first kappa shape index (κ1) is 7.43. The van der Waals surface area contributed by atoms with Gasteiger partial charge in [0.15, 0.2) is 0 Å². The second-order valence-electron chi connectivity index (χ2n) is 2.70. The number of nitrogens with two attached hydrogens (primary N) is 1. The number of nitrogens with zero attached hydrogens (tertiary/aromatic N) is 1. The molecule has 0 bridgehead atoms. The fourth-order valence-corrected chi connectivity index (χ4v) is 1.29. The second-order valence-corrected chi connectivity index (χ2v) is 3.10. The average Bonchev–Trinajstić information content (AvgIpc) is 2.35. The van der Waals surface area contributed by atoms with Crippen LogP contribution < -0.4 is 5.73 Å². The Morgan fingerprint density at radius 2 is 2.33 bits per heavy atom. The predicted octanol–water partition coefficient (Wildman–Crippen LogP) is 2.11. The third-order valence-corrected chi connectivity index (χ3v) is 2.21. The smallest absolute Gasteiger partial charge is 0.139 e. The zero-order valence-corrected chi connectivity index (χ0v) is 7.31. The van der Waals surface area contributed by atoms with Gasteiger partial charge >= 0.3 is 0 Å². The highest BCUT2D eigenvalue weighted by Gasteiger charge is 2.04. The minimum atomic E-state index is 0.647. The number of aryl methyl sites for hydroxylation is 1. The summed E-state index contributed by atoms with van der Waals surface area (Å²) >= 11 is 5.88. The lowest BCUT2D eigenvalue weighted by molar-refractivity contribution is 1.22. The molecule has 0 aliphatic carbocycles. The molecule has 2 heterocycles. The molecule has 0 spiro atoms. The van der Waals surface area contributed by atoms with Crippen LogP contribution in [0.4, 0.5) is 5.69 Å². The summed E-state index contributed by atoms with van der Waals surface area (Å²) in [7, 11) is 0. The zero-order chi connectivity index (χ0) is 8.72. The third kappa shape index (κ3) is 0.940. The number of hydrogen-bond acceptors (Lipinski definition) is 2. The number of hydrogen-bond donors (Lipinski definition) is 2. The molecule has 0 aliphatic heterocycles. The van der Waals surface area contributed by atoms with Crippen molar-refractivity contribution in [3.63, 3.8) is 0 Å². The van der Waals surface area contributed by atoms with Crippen LogP contribution in [-0.4, -0.2) is 9.97 Å². The van der Waals surface area contributed by atoms with Crippen LogP contribution in [0.2, 0.25) is 5.02 Å². The van der Waals surface area contributed by atoms with Gasteiger partial charge in [-0.05, 0) is 13.0 Å². The van der Waals surface area contributed by atoms with Gasteiger partial charge in [-0.15, -0.1) is 0 Å². The molecule has 0 unspecified atom stereocenters. The van der Waals surface area contributed by atoms with E-state index in [9.17, 15) is 0 Å². The normalized spacial score (nSPS) is 10.8. The predicted molar refractivity (Wildman–Crippen MR) is 50.3 cm³/mol. The molecule has 2 rings (SSSR count). The van der Waals surface area contributed by atoms with Gasteiger partial charge in [0, 0.05) is 11.6 Å². The number of nitrogens with one attached hydrogen (secondary N) is 1. The van der Waals surface area contributed by atoms with Crippen molar-refractivity contribution in [2.24, 2.45) is 0 Å². The minimum absolute atomic E-state index is 0.647. The molecule has 12 heavy (non-hydrogen) atoms. The number of anilines is 1. The van der Waals surface area contributed by atoms with E-state index in [0.717, 1.165) is 16.7 Å². The molecule has 4 heteroatoms. The maximum Gasteiger partial charge on any atom is 0.139 e. The van der Waals surface area contributed by atoms with Gasteiger partial charge in [0.2, 0.25) is 0 Å². The molecule has 2 aromatic heterocycles. The quantitative estimate of drug-likeness (QED) is 0.654. The number of halogens is 1. The molecule has 0 aliphatic rings. The van der Waals surface area contributed by atoms with Crippen molar-refractivity contribution in [3.05, 3.63) is 23.0 Å². The summed E-state index contributed by atoms with van der Waals surface area (Å²) in [5.41, 5.74) is 7.94. The van der Waals surface area contributed by atoms with Crippen molar-refractivity contribution in [3.8, 4) is 0 Å². The number of nitrogen functional groups attached to an aromatic ring is 1. The van der Waals surface area contributed by atoms with Crippen molar-refractivity contribution in [2.45, 2.75) is 6.92 Å². The summed E-state index contributed by atoms with van der Waals surface area (Å²) in [5, 5.41) is 1.53. The van der Waals surface area contributed by atoms with Crippen LogP contribution in [0.5, 0.6) is 0 Å². The maximum atomic E-state index is 5.88. The molecular weight excluding hydrogens is 174 g/mol. The van der Waals surface area contributed by atoms with Crippen LogP contribution in [0.1, 0.15) is 5.69 Å². The molecule has 0 radical (unpaired) electrons. The van der Waals surface area contributed by atoms with Crippen molar-refractivity contribution < 1.29 is 0 Å².